The summed E-state index contributed by atoms with van der Waals surface area (Å²) < 4.78 is 14.4. The first-order valence-corrected chi connectivity index (χ1v) is 11.9. The second-order valence-electron chi connectivity index (χ2n) is 8.85. The Hall–Kier alpha value is -3.98. The van der Waals surface area contributed by atoms with Crippen LogP contribution in [0.3, 0.4) is 0 Å². The molecule has 9 heteroatoms. The Bertz CT molecular complexity index is 1430. The largest absolute Gasteiger partial charge is 0.369 e. The molecule has 4 heterocycles. The van der Waals surface area contributed by atoms with Crippen molar-refractivity contribution in [3.05, 3.63) is 67.3 Å². The number of H-pyrrole nitrogens is 1. The highest BCUT2D eigenvalue weighted by atomic mass is 19.1. The number of hydrogen-bond donors (Lipinski definition) is 2. The van der Waals surface area contributed by atoms with E-state index in [9.17, 15) is 4.39 Å². The van der Waals surface area contributed by atoms with Gasteiger partial charge in [0.05, 0.1) is 24.1 Å². The first-order chi connectivity index (χ1) is 17.3. The van der Waals surface area contributed by atoms with E-state index in [-0.39, 0.29) is 6.67 Å². The van der Waals surface area contributed by atoms with Crippen LogP contribution in [0.15, 0.2) is 67.3 Å². The van der Waals surface area contributed by atoms with Gasteiger partial charge in [-0.15, -0.1) is 0 Å². The molecule has 5 aromatic rings. The zero-order valence-corrected chi connectivity index (χ0v) is 19.4. The molecule has 3 aromatic heterocycles. The van der Waals surface area contributed by atoms with Crippen LogP contribution in [0.5, 0.6) is 0 Å². The second kappa shape index (κ2) is 9.34. The number of piperazine rings is 1. The summed E-state index contributed by atoms with van der Waals surface area (Å²) >= 11 is 0. The monoisotopic (exact) mass is 470 g/mol. The third kappa shape index (κ3) is 4.42. The van der Waals surface area contributed by atoms with E-state index in [2.05, 4.69) is 66.7 Å². The molecule has 8 nitrogen and oxygen atoms in total. The maximum atomic E-state index is 12.4. The molecule has 0 radical (unpaired) electrons. The SMILES string of the molecule is FCCCN1CCN(c2ccc(Nc3nc(-c4ccc5cn[nH]c5c4)cn4ccnc34)cc2)CC1. The molecule has 6 rings (SSSR count). The predicted molar refractivity (Wildman–Crippen MR) is 137 cm³/mol. The van der Waals surface area contributed by atoms with Gasteiger partial charge in [0, 0.05) is 73.6 Å². The first kappa shape index (κ1) is 21.5. The Kier molecular flexibility index (Phi) is 5.75. The second-order valence-corrected chi connectivity index (χ2v) is 8.85. The lowest BCUT2D eigenvalue weighted by atomic mass is 10.1. The van der Waals surface area contributed by atoms with Gasteiger partial charge in [-0.2, -0.15) is 5.10 Å². The van der Waals surface area contributed by atoms with E-state index < -0.39 is 0 Å². The molecule has 1 aliphatic heterocycles. The average molecular weight is 471 g/mol. The first-order valence-electron chi connectivity index (χ1n) is 11.9. The number of halogens is 1. The number of nitrogens with zero attached hydrogens (tertiary/aromatic N) is 6. The number of hydrogen-bond acceptors (Lipinski definition) is 6. The van der Waals surface area contributed by atoms with Crippen molar-refractivity contribution in [3.63, 3.8) is 0 Å². The van der Waals surface area contributed by atoms with E-state index in [1.165, 1.54) is 5.69 Å². The minimum absolute atomic E-state index is 0.239. The molecule has 0 aliphatic carbocycles. The molecule has 0 bridgehead atoms. The number of alkyl halides is 1. The van der Waals surface area contributed by atoms with E-state index in [0.29, 0.717) is 12.2 Å². The number of rotatable bonds is 7. The predicted octanol–water partition coefficient (Wildman–Crippen LogP) is 4.50. The number of benzene rings is 2. The van der Waals surface area contributed by atoms with Crippen molar-refractivity contribution < 1.29 is 4.39 Å². The van der Waals surface area contributed by atoms with Gasteiger partial charge in [0.2, 0.25) is 0 Å². The van der Waals surface area contributed by atoms with E-state index >= 15 is 0 Å². The van der Waals surface area contributed by atoms with Crippen LogP contribution in [-0.2, 0) is 0 Å². The lowest BCUT2D eigenvalue weighted by molar-refractivity contribution is 0.245. The van der Waals surface area contributed by atoms with Crippen molar-refractivity contribution in [2.45, 2.75) is 6.42 Å². The molecule has 2 aromatic carbocycles. The van der Waals surface area contributed by atoms with Crippen LogP contribution in [-0.4, -0.2) is 68.9 Å². The lowest BCUT2D eigenvalue weighted by Crippen LogP contribution is -2.46. The molecule has 0 spiro atoms. The van der Waals surface area contributed by atoms with Crippen LogP contribution in [0.1, 0.15) is 6.42 Å². The van der Waals surface area contributed by atoms with E-state index in [4.69, 9.17) is 4.98 Å². The maximum Gasteiger partial charge on any atom is 0.180 e. The highest BCUT2D eigenvalue weighted by Gasteiger charge is 2.17. The molecule has 1 fully saturated rings. The van der Waals surface area contributed by atoms with Crippen molar-refractivity contribution in [1.29, 1.82) is 0 Å². The molecule has 0 saturated carbocycles. The van der Waals surface area contributed by atoms with Crippen molar-refractivity contribution in [3.8, 4) is 11.3 Å². The number of aromatic amines is 1. The van der Waals surface area contributed by atoms with Crippen LogP contribution in [0.25, 0.3) is 27.8 Å². The van der Waals surface area contributed by atoms with Gasteiger partial charge in [0.1, 0.15) is 0 Å². The third-order valence-electron chi connectivity index (χ3n) is 6.59. The zero-order valence-electron chi connectivity index (χ0n) is 19.4. The van der Waals surface area contributed by atoms with Gasteiger partial charge in [0.25, 0.3) is 0 Å². The van der Waals surface area contributed by atoms with E-state index in [1.54, 1.807) is 6.20 Å². The molecule has 1 saturated heterocycles. The Morgan fingerprint density at radius 3 is 2.71 bits per heavy atom. The maximum absolute atomic E-state index is 12.4. The average Bonchev–Trinajstić information content (AvgIpc) is 3.57. The van der Waals surface area contributed by atoms with Gasteiger partial charge in [-0.05, 0) is 36.8 Å². The molecule has 0 unspecified atom stereocenters. The van der Waals surface area contributed by atoms with Crippen LogP contribution in [0, 0.1) is 0 Å². The van der Waals surface area contributed by atoms with Gasteiger partial charge in [0.15, 0.2) is 11.5 Å². The molecule has 1 aliphatic rings. The van der Waals surface area contributed by atoms with Gasteiger partial charge >= 0.3 is 0 Å². The zero-order chi connectivity index (χ0) is 23.6. The quantitative estimate of drug-likeness (QED) is 0.365. The summed E-state index contributed by atoms with van der Waals surface area (Å²) in [5.41, 5.74) is 5.74. The summed E-state index contributed by atoms with van der Waals surface area (Å²) in [6.45, 7) is 4.46. The van der Waals surface area contributed by atoms with Crippen molar-refractivity contribution >= 4 is 33.7 Å². The number of anilines is 3. The van der Waals surface area contributed by atoms with Gasteiger partial charge in [-0.1, -0.05) is 12.1 Å². The van der Waals surface area contributed by atoms with Crippen LogP contribution >= 0.6 is 0 Å². The summed E-state index contributed by atoms with van der Waals surface area (Å²) in [4.78, 5) is 14.1. The third-order valence-corrected chi connectivity index (χ3v) is 6.59. The van der Waals surface area contributed by atoms with Crippen molar-refractivity contribution in [1.82, 2.24) is 29.5 Å². The lowest BCUT2D eigenvalue weighted by Gasteiger charge is -2.36. The summed E-state index contributed by atoms with van der Waals surface area (Å²) in [5.74, 6) is 0.700. The Labute approximate surface area is 202 Å². The number of imidazole rings is 1. The smallest absolute Gasteiger partial charge is 0.180 e. The fraction of sp³-hybridized carbons (Fsp3) is 0.269. The molecule has 178 valence electrons. The highest BCUT2D eigenvalue weighted by molar-refractivity contribution is 5.84. The van der Waals surface area contributed by atoms with Crippen molar-refractivity contribution in [2.24, 2.45) is 0 Å². The number of aromatic nitrogens is 5. The van der Waals surface area contributed by atoms with E-state index in [1.807, 2.05) is 29.1 Å². The minimum Gasteiger partial charge on any atom is -0.369 e. The molecular formula is C26H27FN8. The van der Waals surface area contributed by atoms with E-state index in [0.717, 1.165) is 66.2 Å². The summed E-state index contributed by atoms with van der Waals surface area (Å²) in [6, 6.07) is 14.6. The fourth-order valence-corrected chi connectivity index (χ4v) is 4.66. The molecule has 35 heavy (non-hydrogen) atoms. The molecule has 2 N–H and O–H groups in total. The van der Waals surface area contributed by atoms with Gasteiger partial charge < -0.3 is 14.6 Å². The highest BCUT2D eigenvalue weighted by Crippen LogP contribution is 2.27. The topological polar surface area (TPSA) is 77.4 Å². The molecule has 0 atom stereocenters. The van der Waals surface area contributed by atoms with Crippen molar-refractivity contribution in [2.75, 3.05) is 49.6 Å². The molecular weight excluding hydrogens is 443 g/mol. The minimum atomic E-state index is -0.239. The fourth-order valence-electron chi connectivity index (χ4n) is 4.66. The normalized spacial score (nSPS) is 14.7. The van der Waals surface area contributed by atoms with Crippen LogP contribution in [0.2, 0.25) is 0 Å². The Morgan fingerprint density at radius 1 is 1.03 bits per heavy atom. The van der Waals surface area contributed by atoms with Crippen LogP contribution < -0.4 is 10.2 Å². The molecule has 0 amide bonds. The Morgan fingerprint density at radius 2 is 1.89 bits per heavy atom. The number of nitrogens with one attached hydrogen (secondary N) is 2. The van der Waals surface area contributed by atoms with Gasteiger partial charge in [-0.3, -0.25) is 14.4 Å². The van der Waals surface area contributed by atoms with Crippen LogP contribution in [0.4, 0.5) is 21.6 Å². The summed E-state index contributed by atoms with van der Waals surface area (Å²) in [7, 11) is 0. The number of fused-ring (bicyclic) bond motifs is 2. The standard InChI is InChI=1S/C26H27FN8/c27-8-1-10-33-12-14-34(15-13-33)22-6-4-21(5-7-22)30-25-26-28-9-11-35(26)18-24(31-25)19-2-3-20-17-29-32-23(20)16-19/h2-7,9,11,16-18H,1,8,10,12-15H2,(H,29,32)(H,30,31). The summed E-state index contributed by atoms with van der Waals surface area (Å²) in [6.07, 6.45) is 8.13. The van der Waals surface area contributed by atoms with Gasteiger partial charge in [-0.25, -0.2) is 9.97 Å². The Balaban J connectivity index is 1.21. The summed E-state index contributed by atoms with van der Waals surface area (Å²) in [5, 5.41) is 11.7.